The molecule has 0 spiro atoms. The number of nitrogens with one attached hydrogen (secondary N) is 1. The van der Waals surface area contributed by atoms with Crippen LogP contribution in [-0.2, 0) is 6.42 Å². The number of aryl methyl sites for hydroxylation is 1. The van der Waals surface area contributed by atoms with Crippen molar-refractivity contribution in [2.24, 2.45) is 0 Å². The Balaban J connectivity index is 1.93. The molecule has 0 fully saturated rings. The van der Waals surface area contributed by atoms with Gasteiger partial charge in [-0.25, -0.2) is 0 Å². The van der Waals surface area contributed by atoms with E-state index in [0.717, 1.165) is 25.3 Å². The second kappa shape index (κ2) is 8.58. The maximum atomic E-state index is 5.90. The van der Waals surface area contributed by atoms with Crippen LogP contribution >= 0.6 is 11.8 Å². The molecule has 3 heteroatoms. The second-order valence-electron chi connectivity index (χ2n) is 5.26. The topological polar surface area (TPSA) is 21.3 Å². The zero-order valence-electron chi connectivity index (χ0n) is 12.8. The van der Waals surface area contributed by atoms with Crippen molar-refractivity contribution in [3.05, 3.63) is 29.3 Å². The lowest BCUT2D eigenvalue weighted by molar-refractivity contribution is 0.317. The maximum Gasteiger partial charge on any atom is 0.119 e. The summed E-state index contributed by atoms with van der Waals surface area (Å²) in [4.78, 5) is 0. The molecule has 1 N–H and O–H groups in total. The van der Waals surface area contributed by atoms with Crippen molar-refractivity contribution < 1.29 is 4.74 Å². The molecule has 0 saturated heterocycles. The van der Waals surface area contributed by atoms with Crippen LogP contribution in [0.2, 0.25) is 0 Å². The standard InChI is InChI=1S/C17H27NOS/c1-3-18-17-8-5-7-14-9-10-15(13-16(14)17)19-11-6-12-20-4-2/h9-10,13,17-18H,3-8,11-12H2,1-2H3. The molecular formula is C17H27NOS. The molecule has 1 aromatic rings. The van der Waals surface area contributed by atoms with Crippen molar-refractivity contribution in [2.45, 2.75) is 45.6 Å². The van der Waals surface area contributed by atoms with Gasteiger partial charge in [0.05, 0.1) is 6.61 Å². The van der Waals surface area contributed by atoms with Gasteiger partial charge < -0.3 is 10.1 Å². The predicted molar refractivity (Wildman–Crippen MR) is 88.9 cm³/mol. The van der Waals surface area contributed by atoms with Crippen LogP contribution in [0.15, 0.2) is 18.2 Å². The Hall–Kier alpha value is -0.670. The number of thioether (sulfide) groups is 1. The first kappa shape index (κ1) is 15.7. The van der Waals surface area contributed by atoms with Crippen LogP contribution in [0.25, 0.3) is 0 Å². The second-order valence-corrected chi connectivity index (χ2v) is 6.66. The van der Waals surface area contributed by atoms with Gasteiger partial charge in [-0.2, -0.15) is 11.8 Å². The van der Waals surface area contributed by atoms with Crippen LogP contribution in [0.4, 0.5) is 0 Å². The fourth-order valence-electron chi connectivity index (χ4n) is 2.82. The minimum absolute atomic E-state index is 0.517. The Bertz CT molecular complexity index is 408. The molecule has 0 saturated carbocycles. The van der Waals surface area contributed by atoms with Gasteiger partial charge in [-0.1, -0.05) is 19.9 Å². The summed E-state index contributed by atoms with van der Waals surface area (Å²) in [7, 11) is 0. The number of ether oxygens (including phenoxy) is 1. The van der Waals surface area contributed by atoms with E-state index in [9.17, 15) is 0 Å². The van der Waals surface area contributed by atoms with E-state index in [4.69, 9.17) is 4.74 Å². The van der Waals surface area contributed by atoms with Gasteiger partial charge in [0, 0.05) is 6.04 Å². The van der Waals surface area contributed by atoms with E-state index in [-0.39, 0.29) is 0 Å². The molecule has 1 aromatic carbocycles. The van der Waals surface area contributed by atoms with Crippen molar-refractivity contribution in [1.29, 1.82) is 0 Å². The van der Waals surface area contributed by atoms with Crippen molar-refractivity contribution in [1.82, 2.24) is 5.32 Å². The van der Waals surface area contributed by atoms with Gasteiger partial charge in [-0.05, 0) is 67.0 Å². The van der Waals surface area contributed by atoms with Crippen molar-refractivity contribution >= 4 is 11.8 Å². The van der Waals surface area contributed by atoms with E-state index in [1.54, 1.807) is 0 Å². The Morgan fingerprint density at radius 1 is 1.35 bits per heavy atom. The number of benzene rings is 1. The van der Waals surface area contributed by atoms with Gasteiger partial charge in [0.25, 0.3) is 0 Å². The highest BCUT2D eigenvalue weighted by molar-refractivity contribution is 7.99. The van der Waals surface area contributed by atoms with E-state index in [1.807, 2.05) is 11.8 Å². The molecule has 1 atom stereocenters. The summed E-state index contributed by atoms with van der Waals surface area (Å²) in [5.74, 6) is 3.43. The van der Waals surface area contributed by atoms with E-state index >= 15 is 0 Å². The largest absolute Gasteiger partial charge is 0.494 e. The first-order valence-electron chi connectivity index (χ1n) is 7.92. The monoisotopic (exact) mass is 293 g/mol. The third kappa shape index (κ3) is 4.42. The highest BCUT2D eigenvalue weighted by atomic mass is 32.2. The molecule has 0 bridgehead atoms. The molecular weight excluding hydrogens is 266 g/mol. The third-order valence-electron chi connectivity index (χ3n) is 3.79. The van der Waals surface area contributed by atoms with Crippen molar-refractivity contribution in [3.8, 4) is 5.75 Å². The zero-order chi connectivity index (χ0) is 14.2. The van der Waals surface area contributed by atoms with Gasteiger partial charge in [-0.3, -0.25) is 0 Å². The number of hydrogen-bond acceptors (Lipinski definition) is 3. The quantitative estimate of drug-likeness (QED) is 0.726. The van der Waals surface area contributed by atoms with Gasteiger partial charge in [-0.15, -0.1) is 0 Å². The lowest BCUT2D eigenvalue weighted by Gasteiger charge is -2.26. The van der Waals surface area contributed by atoms with Crippen molar-refractivity contribution in [3.63, 3.8) is 0 Å². The van der Waals surface area contributed by atoms with Gasteiger partial charge in [0.1, 0.15) is 5.75 Å². The summed E-state index contributed by atoms with van der Waals surface area (Å²) in [5, 5.41) is 3.59. The highest BCUT2D eigenvalue weighted by Gasteiger charge is 2.19. The SMILES string of the molecule is CCNC1CCCc2ccc(OCCCSCC)cc21. The minimum Gasteiger partial charge on any atom is -0.494 e. The average Bonchev–Trinajstić information content (AvgIpc) is 2.48. The molecule has 1 aliphatic carbocycles. The van der Waals surface area contributed by atoms with Crippen LogP contribution in [0.3, 0.4) is 0 Å². The average molecular weight is 293 g/mol. The Morgan fingerprint density at radius 3 is 3.05 bits per heavy atom. The van der Waals surface area contributed by atoms with Crippen molar-refractivity contribution in [2.75, 3.05) is 24.7 Å². The van der Waals surface area contributed by atoms with Gasteiger partial charge in [0.15, 0.2) is 0 Å². The first-order chi connectivity index (χ1) is 9.85. The smallest absolute Gasteiger partial charge is 0.119 e. The fourth-order valence-corrected chi connectivity index (χ4v) is 3.43. The maximum absolute atomic E-state index is 5.90. The Labute approximate surface area is 127 Å². The summed E-state index contributed by atoms with van der Waals surface area (Å²) in [6.07, 6.45) is 4.88. The number of fused-ring (bicyclic) bond motifs is 1. The van der Waals surface area contributed by atoms with Crippen LogP contribution in [0, 0.1) is 0 Å². The molecule has 0 radical (unpaired) electrons. The third-order valence-corrected chi connectivity index (χ3v) is 4.77. The lowest BCUT2D eigenvalue weighted by atomic mass is 9.87. The van der Waals surface area contributed by atoms with Crippen LogP contribution < -0.4 is 10.1 Å². The van der Waals surface area contributed by atoms with Crippen LogP contribution in [0.5, 0.6) is 5.75 Å². The molecule has 1 aliphatic rings. The first-order valence-corrected chi connectivity index (χ1v) is 9.07. The minimum atomic E-state index is 0.517. The number of rotatable bonds is 8. The fraction of sp³-hybridized carbons (Fsp3) is 0.647. The van der Waals surface area contributed by atoms with E-state index < -0.39 is 0 Å². The predicted octanol–water partition coefficient (Wildman–Crippen LogP) is 4.20. The summed E-state index contributed by atoms with van der Waals surface area (Å²) in [6.45, 7) is 6.25. The lowest BCUT2D eigenvalue weighted by Crippen LogP contribution is -2.24. The summed E-state index contributed by atoms with van der Waals surface area (Å²) >= 11 is 1.98. The molecule has 0 aliphatic heterocycles. The van der Waals surface area contributed by atoms with Crippen LogP contribution in [-0.4, -0.2) is 24.7 Å². The molecule has 0 aromatic heterocycles. The molecule has 0 amide bonds. The van der Waals surface area contributed by atoms with Gasteiger partial charge in [0.2, 0.25) is 0 Å². The summed E-state index contributed by atoms with van der Waals surface area (Å²) in [5.41, 5.74) is 2.95. The van der Waals surface area contributed by atoms with E-state index in [0.29, 0.717) is 6.04 Å². The normalized spacial score (nSPS) is 17.8. The Kier molecular flexibility index (Phi) is 6.74. The molecule has 2 nitrogen and oxygen atoms in total. The molecule has 0 heterocycles. The van der Waals surface area contributed by atoms with E-state index in [1.165, 1.54) is 41.9 Å². The molecule has 112 valence electrons. The summed E-state index contributed by atoms with van der Waals surface area (Å²) < 4.78 is 5.90. The molecule has 20 heavy (non-hydrogen) atoms. The molecule has 2 rings (SSSR count). The highest BCUT2D eigenvalue weighted by Crippen LogP contribution is 2.32. The van der Waals surface area contributed by atoms with E-state index in [2.05, 4.69) is 37.4 Å². The summed E-state index contributed by atoms with van der Waals surface area (Å²) in [6, 6.07) is 7.17. The number of hydrogen-bond donors (Lipinski definition) is 1. The Morgan fingerprint density at radius 2 is 2.25 bits per heavy atom. The zero-order valence-corrected chi connectivity index (χ0v) is 13.6. The van der Waals surface area contributed by atoms with Gasteiger partial charge >= 0.3 is 0 Å². The van der Waals surface area contributed by atoms with Crippen LogP contribution in [0.1, 0.15) is 50.3 Å². The molecule has 1 unspecified atom stereocenters.